The lowest BCUT2D eigenvalue weighted by atomic mass is 10.1. The third kappa shape index (κ3) is 4.17. The number of aromatic nitrogens is 8. The van der Waals surface area contributed by atoms with E-state index in [2.05, 4.69) is 39.2 Å². The second kappa shape index (κ2) is 8.33. The second-order valence-corrected chi connectivity index (χ2v) is 8.79. The highest BCUT2D eigenvalue weighted by Crippen LogP contribution is 2.29. The van der Waals surface area contributed by atoms with Crippen molar-refractivity contribution in [1.82, 2.24) is 39.7 Å². The van der Waals surface area contributed by atoms with Crippen LogP contribution in [0, 0.1) is 13.8 Å². The van der Waals surface area contributed by atoms with Crippen molar-refractivity contribution in [1.29, 1.82) is 0 Å². The van der Waals surface area contributed by atoms with E-state index in [4.69, 9.17) is 4.98 Å². The molecule has 0 spiro atoms. The van der Waals surface area contributed by atoms with Crippen LogP contribution in [0.4, 0.5) is 13.2 Å². The van der Waals surface area contributed by atoms with Gasteiger partial charge in [-0.15, -0.1) is 0 Å². The van der Waals surface area contributed by atoms with E-state index in [1.807, 2.05) is 19.1 Å². The van der Waals surface area contributed by atoms with Gasteiger partial charge in [0.15, 0.2) is 17.2 Å². The number of nitrogens with one attached hydrogen (secondary N) is 1. The van der Waals surface area contributed by atoms with Crippen LogP contribution in [0.15, 0.2) is 42.7 Å². The Kier molecular flexibility index (Phi) is 5.42. The smallest absolute Gasteiger partial charge is 0.281 e. The minimum absolute atomic E-state index is 0.305. The van der Waals surface area contributed by atoms with E-state index in [-0.39, 0.29) is 0 Å². The molecule has 0 radical (unpaired) electrons. The molecule has 35 heavy (non-hydrogen) atoms. The molecular weight excluding hydrogens is 457 g/mol. The zero-order valence-corrected chi connectivity index (χ0v) is 19.6. The molecule has 4 heterocycles. The number of alkyl halides is 3. The Morgan fingerprint density at radius 2 is 1.80 bits per heavy atom. The van der Waals surface area contributed by atoms with Gasteiger partial charge < -0.3 is 0 Å². The van der Waals surface area contributed by atoms with Crippen LogP contribution in [-0.4, -0.2) is 39.7 Å². The molecule has 0 unspecified atom stereocenters. The van der Waals surface area contributed by atoms with Crippen molar-refractivity contribution in [3.8, 4) is 17.2 Å². The van der Waals surface area contributed by atoms with Crippen molar-refractivity contribution in [3.05, 3.63) is 70.9 Å². The van der Waals surface area contributed by atoms with Crippen LogP contribution in [0.2, 0.25) is 0 Å². The van der Waals surface area contributed by atoms with Gasteiger partial charge >= 0.3 is 6.18 Å². The SMILES string of the molecule is Cc1c(-c2ncc3cnn(Cc4ccc(-n5nc(C(F)(F)F)cc5C)cc4)c3n2)n[nH]c1C(C)C. The number of aryl methyl sites for hydroxylation is 1. The first-order valence-electron chi connectivity index (χ1n) is 11.1. The summed E-state index contributed by atoms with van der Waals surface area (Å²) in [5.74, 6) is 0.823. The summed E-state index contributed by atoms with van der Waals surface area (Å²) >= 11 is 0. The van der Waals surface area contributed by atoms with Crippen LogP contribution in [-0.2, 0) is 12.7 Å². The van der Waals surface area contributed by atoms with Gasteiger partial charge in [-0.05, 0) is 43.5 Å². The lowest BCUT2D eigenvalue weighted by Gasteiger charge is -2.08. The first-order chi connectivity index (χ1) is 16.6. The Balaban J connectivity index is 1.42. The number of aromatic amines is 1. The number of H-pyrrole nitrogens is 1. The highest BCUT2D eigenvalue weighted by Gasteiger charge is 2.34. The maximum Gasteiger partial charge on any atom is 0.435 e. The van der Waals surface area contributed by atoms with Crippen molar-refractivity contribution in [3.63, 3.8) is 0 Å². The zero-order chi connectivity index (χ0) is 24.9. The molecule has 0 amide bonds. The topological polar surface area (TPSA) is 90.1 Å². The summed E-state index contributed by atoms with van der Waals surface area (Å²) in [4.78, 5) is 9.19. The summed E-state index contributed by atoms with van der Waals surface area (Å²) in [6.45, 7) is 8.21. The third-order valence-corrected chi connectivity index (χ3v) is 5.90. The van der Waals surface area contributed by atoms with Gasteiger partial charge in [0.25, 0.3) is 0 Å². The first kappa shape index (κ1) is 22.8. The van der Waals surface area contributed by atoms with Crippen LogP contribution in [0.3, 0.4) is 0 Å². The highest BCUT2D eigenvalue weighted by atomic mass is 19.4. The van der Waals surface area contributed by atoms with Gasteiger partial charge in [0, 0.05) is 23.1 Å². The molecule has 0 bridgehead atoms. The van der Waals surface area contributed by atoms with E-state index in [1.165, 1.54) is 4.68 Å². The third-order valence-electron chi connectivity index (χ3n) is 5.90. The molecular formula is C24H23F3N8. The molecule has 0 atom stereocenters. The number of benzene rings is 1. The molecule has 4 aromatic heterocycles. The lowest BCUT2D eigenvalue weighted by Crippen LogP contribution is -2.07. The van der Waals surface area contributed by atoms with Gasteiger partial charge in [0.1, 0.15) is 5.69 Å². The fourth-order valence-corrected chi connectivity index (χ4v) is 4.08. The van der Waals surface area contributed by atoms with Crippen LogP contribution >= 0.6 is 0 Å². The second-order valence-electron chi connectivity index (χ2n) is 8.79. The Bertz CT molecular complexity index is 1510. The fraction of sp³-hybridized carbons (Fsp3) is 0.292. The Hall–Kier alpha value is -4.02. The molecule has 5 aromatic rings. The van der Waals surface area contributed by atoms with Crippen LogP contribution in [0.1, 0.15) is 48.0 Å². The number of hydrogen-bond donors (Lipinski definition) is 1. The normalized spacial score (nSPS) is 12.2. The van der Waals surface area contributed by atoms with E-state index >= 15 is 0 Å². The van der Waals surface area contributed by atoms with Crippen LogP contribution in [0.5, 0.6) is 0 Å². The maximum atomic E-state index is 13.0. The summed E-state index contributed by atoms with van der Waals surface area (Å²) in [6.07, 6.45) is -1.05. The zero-order valence-electron chi connectivity index (χ0n) is 19.6. The standard InChI is InChI=1S/C24H23F3N8/c1-13(2)20-15(4)21(32-31-20)22-28-10-17-11-29-34(23(17)30-22)12-16-5-7-18(8-6-16)35-14(3)9-19(33-35)24(25,26)27/h5-11,13H,12H2,1-4H3,(H,31,32). The summed E-state index contributed by atoms with van der Waals surface area (Å²) in [5.41, 5.74) is 4.40. The van der Waals surface area contributed by atoms with Crippen LogP contribution < -0.4 is 0 Å². The van der Waals surface area contributed by atoms with Gasteiger partial charge in [-0.3, -0.25) is 5.10 Å². The van der Waals surface area contributed by atoms with Crippen molar-refractivity contribution in [2.45, 2.75) is 46.3 Å². The molecule has 11 heteroatoms. The Morgan fingerprint density at radius 1 is 1.06 bits per heavy atom. The predicted molar refractivity (Wildman–Crippen MR) is 124 cm³/mol. The van der Waals surface area contributed by atoms with Gasteiger partial charge in [0.2, 0.25) is 0 Å². The molecule has 0 aliphatic carbocycles. The van der Waals surface area contributed by atoms with Crippen molar-refractivity contribution < 1.29 is 13.2 Å². The van der Waals surface area contributed by atoms with Crippen molar-refractivity contribution in [2.24, 2.45) is 0 Å². The van der Waals surface area contributed by atoms with E-state index in [0.29, 0.717) is 41.0 Å². The highest BCUT2D eigenvalue weighted by molar-refractivity contribution is 5.76. The van der Waals surface area contributed by atoms with Crippen LogP contribution in [0.25, 0.3) is 28.2 Å². The summed E-state index contributed by atoms with van der Waals surface area (Å²) in [7, 11) is 0. The molecule has 1 N–H and O–H groups in total. The number of nitrogens with zero attached hydrogens (tertiary/aromatic N) is 7. The molecule has 0 aliphatic rings. The van der Waals surface area contributed by atoms with Crippen molar-refractivity contribution >= 4 is 11.0 Å². The molecule has 0 fully saturated rings. The fourth-order valence-electron chi connectivity index (χ4n) is 4.08. The number of halogens is 3. The van der Waals surface area contributed by atoms with Gasteiger partial charge in [-0.2, -0.15) is 28.5 Å². The summed E-state index contributed by atoms with van der Waals surface area (Å²) in [6, 6.07) is 8.19. The quantitative estimate of drug-likeness (QED) is 0.373. The monoisotopic (exact) mass is 480 g/mol. The minimum Gasteiger partial charge on any atom is -0.281 e. The van der Waals surface area contributed by atoms with Gasteiger partial charge in [-0.25, -0.2) is 19.3 Å². The Labute approximate surface area is 198 Å². The molecule has 0 saturated heterocycles. The Morgan fingerprint density at radius 3 is 2.43 bits per heavy atom. The van der Waals surface area contributed by atoms with Gasteiger partial charge in [0.05, 0.1) is 23.8 Å². The molecule has 1 aromatic carbocycles. The van der Waals surface area contributed by atoms with Gasteiger partial charge in [-0.1, -0.05) is 26.0 Å². The molecule has 180 valence electrons. The molecule has 0 aliphatic heterocycles. The number of fused-ring (bicyclic) bond motifs is 1. The van der Waals surface area contributed by atoms with E-state index in [9.17, 15) is 13.2 Å². The predicted octanol–water partition coefficient (Wildman–Crippen LogP) is 5.21. The summed E-state index contributed by atoms with van der Waals surface area (Å²) < 4.78 is 42.0. The first-order valence-corrected chi connectivity index (χ1v) is 11.1. The largest absolute Gasteiger partial charge is 0.435 e. The maximum absolute atomic E-state index is 13.0. The molecule has 0 saturated carbocycles. The van der Waals surface area contributed by atoms with E-state index in [1.54, 1.807) is 36.1 Å². The van der Waals surface area contributed by atoms with Crippen molar-refractivity contribution in [2.75, 3.05) is 0 Å². The average molecular weight is 480 g/mol. The minimum atomic E-state index is -4.48. The number of rotatable bonds is 5. The average Bonchev–Trinajstić information content (AvgIpc) is 3.51. The van der Waals surface area contributed by atoms with E-state index in [0.717, 1.165) is 28.3 Å². The van der Waals surface area contributed by atoms with E-state index < -0.39 is 11.9 Å². The number of hydrogen-bond acceptors (Lipinski definition) is 5. The molecule has 8 nitrogen and oxygen atoms in total. The molecule has 5 rings (SSSR count). The lowest BCUT2D eigenvalue weighted by molar-refractivity contribution is -0.141. The summed E-state index contributed by atoms with van der Waals surface area (Å²) in [5, 5.41) is 16.4.